The summed E-state index contributed by atoms with van der Waals surface area (Å²) < 4.78 is 5.18. The second-order valence-corrected chi connectivity index (χ2v) is 3.69. The number of rotatable bonds is 4. The van der Waals surface area contributed by atoms with Crippen LogP contribution in [0.25, 0.3) is 0 Å². The predicted octanol–water partition coefficient (Wildman–Crippen LogP) is 2.52. The van der Waals surface area contributed by atoms with Crippen LogP contribution in [-0.4, -0.2) is 12.1 Å². The largest absolute Gasteiger partial charge is 0.462 e. The van der Waals surface area contributed by atoms with Crippen molar-refractivity contribution >= 4 is 5.97 Å². The van der Waals surface area contributed by atoms with Gasteiger partial charge in [0, 0.05) is 6.42 Å². The van der Waals surface area contributed by atoms with Crippen molar-refractivity contribution in [3.63, 3.8) is 0 Å². The molecule has 0 aliphatic carbocycles. The van der Waals surface area contributed by atoms with Gasteiger partial charge in [0.1, 0.15) is 6.10 Å². The number of carbonyl (C=O) groups excluding carboxylic acids is 1. The minimum Gasteiger partial charge on any atom is -0.462 e. The zero-order valence-corrected chi connectivity index (χ0v) is 8.01. The molecular formula is C10H18O2. The quantitative estimate of drug-likeness (QED) is 0.606. The Morgan fingerprint density at radius 1 is 1.67 bits per heavy atom. The monoisotopic (exact) mass is 170 g/mol. The van der Waals surface area contributed by atoms with Gasteiger partial charge in [-0.15, -0.1) is 0 Å². The lowest BCUT2D eigenvalue weighted by molar-refractivity contribution is -0.143. The molecule has 70 valence electrons. The molecule has 0 saturated carbocycles. The van der Waals surface area contributed by atoms with Gasteiger partial charge in [0.15, 0.2) is 0 Å². The number of esters is 1. The molecule has 1 aliphatic heterocycles. The molecular weight excluding hydrogens is 152 g/mol. The Labute approximate surface area is 74.3 Å². The van der Waals surface area contributed by atoms with Crippen LogP contribution >= 0.6 is 0 Å². The van der Waals surface area contributed by atoms with E-state index in [4.69, 9.17) is 4.74 Å². The lowest BCUT2D eigenvalue weighted by atomic mass is 9.96. The predicted molar refractivity (Wildman–Crippen MR) is 47.8 cm³/mol. The standard InChI is InChI=1S/C10H18O2/c1-3-4-5-8(2)9-6-7-10(11)12-9/h8-9H,3-7H2,1-2H3. The molecule has 0 aromatic rings. The Morgan fingerprint density at radius 3 is 2.92 bits per heavy atom. The molecule has 1 fully saturated rings. The van der Waals surface area contributed by atoms with E-state index in [9.17, 15) is 4.79 Å². The van der Waals surface area contributed by atoms with Crippen molar-refractivity contribution in [1.82, 2.24) is 0 Å². The molecule has 0 spiro atoms. The SMILES string of the molecule is CCCCC(C)C1CCC(=O)O1. The van der Waals surface area contributed by atoms with E-state index in [0.717, 1.165) is 6.42 Å². The van der Waals surface area contributed by atoms with Crippen LogP contribution in [0.4, 0.5) is 0 Å². The molecule has 2 unspecified atom stereocenters. The van der Waals surface area contributed by atoms with Crippen LogP contribution in [-0.2, 0) is 9.53 Å². The van der Waals surface area contributed by atoms with E-state index in [0.29, 0.717) is 12.3 Å². The zero-order valence-electron chi connectivity index (χ0n) is 8.01. The molecule has 12 heavy (non-hydrogen) atoms. The minimum absolute atomic E-state index is 0.0108. The summed E-state index contributed by atoms with van der Waals surface area (Å²) in [6.07, 6.45) is 5.43. The third-order valence-corrected chi connectivity index (χ3v) is 2.56. The smallest absolute Gasteiger partial charge is 0.306 e. The third-order valence-electron chi connectivity index (χ3n) is 2.56. The molecule has 0 aromatic carbocycles. The van der Waals surface area contributed by atoms with Gasteiger partial charge < -0.3 is 4.74 Å². The number of ether oxygens (including phenoxy) is 1. The third kappa shape index (κ3) is 2.50. The molecule has 2 nitrogen and oxygen atoms in total. The summed E-state index contributed by atoms with van der Waals surface area (Å²) in [4.78, 5) is 10.8. The van der Waals surface area contributed by atoms with Crippen molar-refractivity contribution in [1.29, 1.82) is 0 Å². The summed E-state index contributed by atoms with van der Waals surface area (Å²) in [6, 6.07) is 0. The number of unbranched alkanes of at least 4 members (excludes halogenated alkanes) is 1. The molecule has 1 aliphatic rings. The van der Waals surface area contributed by atoms with Crippen molar-refractivity contribution in [2.24, 2.45) is 5.92 Å². The Kier molecular flexibility index (Phi) is 3.57. The van der Waals surface area contributed by atoms with Gasteiger partial charge >= 0.3 is 5.97 Å². The highest BCUT2D eigenvalue weighted by molar-refractivity contribution is 5.71. The summed E-state index contributed by atoms with van der Waals surface area (Å²) in [5, 5.41) is 0. The second kappa shape index (κ2) is 4.48. The molecule has 1 rings (SSSR count). The zero-order chi connectivity index (χ0) is 8.97. The first-order valence-corrected chi connectivity index (χ1v) is 4.93. The van der Waals surface area contributed by atoms with E-state index >= 15 is 0 Å². The normalized spacial score (nSPS) is 25.5. The summed E-state index contributed by atoms with van der Waals surface area (Å²) in [7, 11) is 0. The average molecular weight is 170 g/mol. The van der Waals surface area contributed by atoms with Gasteiger partial charge in [-0.3, -0.25) is 4.79 Å². The van der Waals surface area contributed by atoms with Gasteiger partial charge in [-0.2, -0.15) is 0 Å². The summed E-state index contributed by atoms with van der Waals surface area (Å²) in [5.74, 6) is 0.541. The fraction of sp³-hybridized carbons (Fsp3) is 0.900. The van der Waals surface area contributed by atoms with E-state index in [1.54, 1.807) is 0 Å². The van der Waals surface area contributed by atoms with Crippen LogP contribution < -0.4 is 0 Å². The van der Waals surface area contributed by atoms with Crippen molar-refractivity contribution < 1.29 is 9.53 Å². The van der Waals surface area contributed by atoms with Gasteiger partial charge in [-0.05, 0) is 18.8 Å². The Morgan fingerprint density at radius 2 is 2.42 bits per heavy atom. The fourth-order valence-electron chi connectivity index (χ4n) is 1.66. The van der Waals surface area contributed by atoms with Crippen LogP contribution in [0.15, 0.2) is 0 Å². The lowest BCUT2D eigenvalue weighted by Gasteiger charge is -2.17. The highest BCUT2D eigenvalue weighted by Crippen LogP contribution is 2.24. The van der Waals surface area contributed by atoms with E-state index in [1.807, 2.05) is 0 Å². The van der Waals surface area contributed by atoms with Crippen LogP contribution in [0.3, 0.4) is 0 Å². The lowest BCUT2D eigenvalue weighted by Crippen LogP contribution is -2.17. The Hall–Kier alpha value is -0.530. The maximum Gasteiger partial charge on any atom is 0.306 e. The molecule has 0 N–H and O–H groups in total. The van der Waals surface area contributed by atoms with E-state index in [1.165, 1.54) is 19.3 Å². The first kappa shape index (κ1) is 9.56. The van der Waals surface area contributed by atoms with Crippen molar-refractivity contribution in [3.8, 4) is 0 Å². The maximum absolute atomic E-state index is 10.8. The van der Waals surface area contributed by atoms with Gasteiger partial charge in [-0.25, -0.2) is 0 Å². The van der Waals surface area contributed by atoms with E-state index < -0.39 is 0 Å². The summed E-state index contributed by atoms with van der Waals surface area (Å²) in [5.41, 5.74) is 0. The summed E-state index contributed by atoms with van der Waals surface area (Å²) >= 11 is 0. The average Bonchev–Trinajstić information content (AvgIpc) is 2.47. The number of hydrogen-bond donors (Lipinski definition) is 0. The van der Waals surface area contributed by atoms with E-state index in [2.05, 4.69) is 13.8 Å². The Balaban J connectivity index is 2.23. The van der Waals surface area contributed by atoms with Gasteiger partial charge in [-0.1, -0.05) is 26.7 Å². The molecule has 0 bridgehead atoms. The van der Waals surface area contributed by atoms with Crippen LogP contribution in [0.2, 0.25) is 0 Å². The van der Waals surface area contributed by atoms with Crippen LogP contribution in [0.1, 0.15) is 46.0 Å². The van der Waals surface area contributed by atoms with Crippen LogP contribution in [0, 0.1) is 5.92 Å². The van der Waals surface area contributed by atoms with Crippen molar-refractivity contribution in [3.05, 3.63) is 0 Å². The van der Waals surface area contributed by atoms with Crippen molar-refractivity contribution in [2.75, 3.05) is 0 Å². The van der Waals surface area contributed by atoms with Gasteiger partial charge in [0.2, 0.25) is 0 Å². The van der Waals surface area contributed by atoms with E-state index in [-0.39, 0.29) is 12.1 Å². The fourth-order valence-corrected chi connectivity index (χ4v) is 1.66. The minimum atomic E-state index is -0.0108. The molecule has 1 heterocycles. The highest BCUT2D eigenvalue weighted by atomic mass is 16.5. The molecule has 0 aromatic heterocycles. The van der Waals surface area contributed by atoms with Gasteiger partial charge in [0.25, 0.3) is 0 Å². The highest BCUT2D eigenvalue weighted by Gasteiger charge is 2.27. The first-order chi connectivity index (χ1) is 5.74. The molecule has 2 atom stereocenters. The summed E-state index contributed by atoms with van der Waals surface area (Å²) in [6.45, 7) is 4.37. The topological polar surface area (TPSA) is 26.3 Å². The molecule has 0 amide bonds. The maximum atomic E-state index is 10.8. The molecule has 2 heteroatoms. The number of cyclic esters (lactones) is 1. The molecule has 1 saturated heterocycles. The second-order valence-electron chi connectivity index (χ2n) is 3.69. The number of carbonyl (C=O) groups is 1. The van der Waals surface area contributed by atoms with Crippen molar-refractivity contribution in [2.45, 2.75) is 52.1 Å². The Bertz CT molecular complexity index is 154. The first-order valence-electron chi connectivity index (χ1n) is 4.93. The molecule has 0 radical (unpaired) electrons. The van der Waals surface area contributed by atoms with Crippen LogP contribution in [0.5, 0.6) is 0 Å². The van der Waals surface area contributed by atoms with Gasteiger partial charge in [0.05, 0.1) is 0 Å². The number of hydrogen-bond acceptors (Lipinski definition) is 2.